The number of aryl methyl sites for hydroxylation is 2. The molecule has 2 aromatic heterocycles. The lowest BCUT2D eigenvalue weighted by atomic mass is 10.1. The third-order valence-electron chi connectivity index (χ3n) is 4.77. The largest absolute Gasteiger partial charge is 0.493 e. The normalized spacial score (nSPS) is 10.7. The number of hydrogen-bond donors (Lipinski definition) is 0. The van der Waals surface area contributed by atoms with Crippen LogP contribution in [0, 0.1) is 13.8 Å². The second-order valence-electron chi connectivity index (χ2n) is 6.47. The molecule has 0 unspecified atom stereocenters. The number of carbonyl (C=O) groups excluding carboxylic acids is 1. The van der Waals surface area contributed by atoms with Crippen LogP contribution >= 0.6 is 11.3 Å². The average Bonchev–Trinajstić information content (AvgIpc) is 3.32. The maximum atomic E-state index is 12.8. The van der Waals surface area contributed by atoms with E-state index in [9.17, 15) is 4.79 Å². The van der Waals surface area contributed by atoms with Crippen molar-refractivity contribution in [2.24, 2.45) is 0 Å². The fraction of sp³-hybridized carbons (Fsp3) is 0.318. The predicted molar refractivity (Wildman–Crippen MR) is 111 cm³/mol. The van der Waals surface area contributed by atoms with Crippen LogP contribution in [0.25, 0.3) is 0 Å². The van der Waals surface area contributed by atoms with Crippen LogP contribution in [0.5, 0.6) is 17.2 Å². The number of para-hydroxylation sites is 1. The summed E-state index contributed by atoms with van der Waals surface area (Å²) in [4.78, 5) is 14.2. The molecule has 0 saturated carbocycles. The molecule has 0 aliphatic heterocycles. The van der Waals surface area contributed by atoms with Crippen LogP contribution in [-0.4, -0.2) is 31.2 Å². The van der Waals surface area contributed by atoms with Gasteiger partial charge in [-0.15, -0.1) is 11.3 Å². The number of ether oxygens (including phenoxy) is 3. The Kier molecular flexibility index (Phi) is 6.41. The Morgan fingerprint density at radius 2 is 1.79 bits per heavy atom. The highest BCUT2D eigenvalue weighted by Gasteiger charge is 2.18. The molecule has 0 aliphatic carbocycles. The maximum absolute atomic E-state index is 12.8. The van der Waals surface area contributed by atoms with E-state index >= 15 is 0 Å². The molecule has 6 heteroatoms. The van der Waals surface area contributed by atoms with E-state index in [2.05, 4.69) is 22.1 Å². The van der Waals surface area contributed by atoms with Gasteiger partial charge in [0, 0.05) is 28.4 Å². The van der Waals surface area contributed by atoms with E-state index in [1.165, 1.54) is 4.88 Å². The Bertz CT molecular complexity index is 922. The molecular formula is C22H25NO4S. The Morgan fingerprint density at radius 3 is 2.39 bits per heavy atom. The SMILES string of the molecule is COc1cccc(OC)c1OCC(=O)c1cc(C)n(CCc2cccs2)c1C. The maximum Gasteiger partial charge on any atom is 0.203 e. The number of thiophene rings is 1. The van der Waals surface area contributed by atoms with E-state index in [4.69, 9.17) is 14.2 Å². The van der Waals surface area contributed by atoms with Crippen LogP contribution in [-0.2, 0) is 13.0 Å². The van der Waals surface area contributed by atoms with Gasteiger partial charge < -0.3 is 18.8 Å². The minimum atomic E-state index is -0.0774. The van der Waals surface area contributed by atoms with Crippen LogP contribution < -0.4 is 14.2 Å². The molecule has 0 bridgehead atoms. The first-order valence-corrected chi connectivity index (χ1v) is 9.99. The predicted octanol–water partition coefficient (Wildman–Crippen LogP) is 4.69. The Morgan fingerprint density at radius 1 is 1.07 bits per heavy atom. The van der Waals surface area contributed by atoms with E-state index in [0.717, 1.165) is 24.4 Å². The number of Topliss-reactive ketones (excluding diaryl/α,β-unsaturated/α-hetero) is 1. The lowest BCUT2D eigenvalue weighted by molar-refractivity contribution is 0.0916. The number of aromatic nitrogens is 1. The van der Waals surface area contributed by atoms with Crippen molar-refractivity contribution in [3.63, 3.8) is 0 Å². The summed E-state index contributed by atoms with van der Waals surface area (Å²) < 4.78 is 18.6. The summed E-state index contributed by atoms with van der Waals surface area (Å²) in [7, 11) is 3.12. The van der Waals surface area contributed by atoms with Crippen molar-refractivity contribution in [2.75, 3.05) is 20.8 Å². The summed E-state index contributed by atoms with van der Waals surface area (Å²) in [5.41, 5.74) is 2.74. The number of rotatable bonds is 9. The summed E-state index contributed by atoms with van der Waals surface area (Å²) in [5.74, 6) is 1.44. The van der Waals surface area contributed by atoms with E-state index in [0.29, 0.717) is 22.8 Å². The van der Waals surface area contributed by atoms with E-state index in [1.54, 1.807) is 37.7 Å². The third kappa shape index (κ3) is 4.22. The monoisotopic (exact) mass is 399 g/mol. The van der Waals surface area contributed by atoms with Gasteiger partial charge in [0.25, 0.3) is 0 Å². The summed E-state index contributed by atoms with van der Waals surface area (Å²) in [6.45, 7) is 4.79. The number of nitrogens with zero attached hydrogens (tertiary/aromatic N) is 1. The first kappa shape index (κ1) is 20.0. The highest BCUT2D eigenvalue weighted by molar-refractivity contribution is 7.09. The van der Waals surface area contributed by atoms with Crippen molar-refractivity contribution in [2.45, 2.75) is 26.8 Å². The Labute approximate surface area is 169 Å². The molecule has 0 N–H and O–H groups in total. The molecule has 3 rings (SSSR count). The van der Waals surface area contributed by atoms with Crippen molar-refractivity contribution in [3.8, 4) is 17.2 Å². The smallest absolute Gasteiger partial charge is 0.203 e. The van der Waals surface area contributed by atoms with Crippen LogP contribution in [0.3, 0.4) is 0 Å². The molecule has 2 heterocycles. The zero-order chi connectivity index (χ0) is 20.1. The lowest BCUT2D eigenvalue weighted by Gasteiger charge is -2.13. The van der Waals surface area contributed by atoms with Crippen molar-refractivity contribution >= 4 is 17.1 Å². The molecule has 148 valence electrons. The lowest BCUT2D eigenvalue weighted by Crippen LogP contribution is -2.14. The summed E-state index contributed by atoms with van der Waals surface area (Å²) >= 11 is 1.76. The van der Waals surface area contributed by atoms with Gasteiger partial charge in [-0.2, -0.15) is 0 Å². The molecule has 0 radical (unpaired) electrons. The minimum absolute atomic E-state index is 0.0663. The zero-order valence-electron chi connectivity index (χ0n) is 16.7. The van der Waals surface area contributed by atoms with E-state index < -0.39 is 0 Å². The van der Waals surface area contributed by atoms with Gasteiger partial charge in [0.1, 0.15) is 0 Å². The molecule has 3 aromatic rings. The van der Waals surface area contributed by atoms with E-state index in [1.807, 2.05) is 26.0 Å². The number of methoxy groups -OCH3 is 2. The molecule has 0 fully saturated rings. The summed E-state index contributed by atoms with van der Waals surface area (Å²) in [6.07, 6.45) is 0.955. The number of carbonyl (C=O) groups is 1. The number of ketones is 1. The minimum Gasteiger partial charge on any atom is -0.493 e. The van der Waals surface area contributed by atoms with Gasteiger partial charge in [-0.25, -0.2) is 0 Å². The molecular weight excluding hydrogens is 374 g/mol. The van der Waals surface area contributed by atoms with Gasteiger partial charge in [-0.05, 0) is 49.9 Å². The molecule has 0 aliphatic rings. The fourth-order valence-electron chi connectivity index (χ4n) is 3.28. The zero-order valence-corrected chi connectivity index (χ0v) is 17.5. The van der Waals surface area contributed by atoms with Gasteiger partial charge in [0.05, 0.1) is 14.2 Å². The molecule has 28 heavy (non-hydrogen) atoms. The first-order chi connectivity index (χ1) is 13.5. The van der Waals surface area contributed by atoms with Gasteiger partial charge in [-0.3, -0.25) is 4.79 Å². The first-order valence-electron chi connectivity index (χ1n) is 9.11. The Hall–Kier alpha value is -2.73. The van der Waals surface area contributed by atoms with Crippen molar-refractivity contribution in [3.05, 3.63) is 63.6 Å². The van der Waals surface area contributed by atoms with Crippen LogP contribution in [0.15, 0.2) is 41.8 Å². The molecule has 0 amide bonds. The van der Waals surface area contributed by atoms with Crippen LogP contribution in [0.1, 0.15) is 26.6 Å². The summed E-state index contributed by atoms with van der Waals surface area (Å²) in [6, 6.07) is 11.5. The Balaban J connectivity index is 1.72. The van der Waals surface area contributed by atoms with Crippen molar-refractivity contribution in [1.29, 1.82) is 0 Å². The molecule has 0 spiro atoms. The van der Waals surface area contributed by atoms with Gasteiger partial charge in [0.15, 0.2) is 18.1 Å². The fourth-order valence-corrected chi connectivity index (χ4v) is 3.98. The van der Waals surface area contributed by atoms with Crippen LogP contribution in [0.2, 0.25) is 0 Å². The third-order valence-corrected chi connectivity index (χ3v) is 5.70. The van der Waals surface area contributed by atoms with E-state index in [-0.39, 0.29) is 12.4 Å². The number of hydrogen-bond acceptors (Lipinski definition) is 5. The quantitative estimate of drug-likeness (QED) is 0.490. The molecule has 0 atom stereocenters. The standard InChI is InChI=1S/C22H25NO4S/c1-15-13-18(16(2)23(15)11-10-17-7-6-12-28-17)19(24)14-27-22-20(25-3)8-5-9-21(22)26-4/h5-9,12-13H,10-11,14H2,1-4H3. The van der Waals surface area contributed by atoms with Crippen molar-refractivity contribution in [1.82, 2.24) is 4.57 Å². The van der Waals surface area contributed by atoms with Gasteiger partial charge >= 0.3 is 0 Å². The van der Waals surface area contributed by atoms with Crippen molar-refractivity contribution < 1.29 is 19.0 Å². The topological polar surface area (TPSA) is 49.7 Å². The van der Waals surface area contributed by atoms with Gasteiger partial charge in [0.2, 0.25) is 11.5 Å². The van der Waals surface area contributed by atoms with Gasteiger partial charge in [-0.1, -0.05) is 12.1 Å². The second-order valence-corrected chi connectivity index (χ2v) is 7.50. The summed E-state index contributed by atoms with van der Waals surface area (Å²) in [5, 5.41) is 2.09. The highest BCUT2D eigenvalue weighted by atomic mass is 32.1. The van der Waals surface area contributed by atoms with Crippen LogP contribution in [0.4, 0.5) is 0 Å². The number of benzene rings is 1. The average molecular weight is 400 g/mol. The second kappa shape index (κ2) is 8.97. The molecule has 0 saturated heterocycles. The molecule has 5 nitrogen and oxygen atoms in total. The highest BCUT2D eigenvalue weighted by Crippen LogP contribution is 2.36. The molecule has 1 aromatic carbocycles.